The van der Waals surface area contributed by atoms with Crippen LogP contribution in [0.1, 0.15) is 18.4 Å². The molecule has 0 unspecified atom stereocenters. The van der Waals surface area contributed by atoms with Crippen LogP contribution >= 0.6 is 0 Å². The number of carboxylic acids is 1. The summed E-state index contributed by atoms with van der Waals surface area (Å²) in [6.07, 6.45) is -0.872. The largest absolute Gasteiger partial charge is 0.506 e. The van der Waals surface area contributed by atoms with E-state index in [1.165, 1.54) is 24.3 Å². The molecule has 18 nitrogen and oxygen atoms in total. The summed E-state index contributed by atoms with van der Waals surface area (Å²) in [5.74, 6) is -2.95. The Labute approximate surface area is 309 Å². The lowest BCUT2D eigenvalue weighted by atomic mass is 9.96. The van der Waals surface area contributed by atoms with Crippen molar-refractivity contribution in [3.05, 3.63) is 115 Å². The molecular formula is C33H24N2O16S4. The molecule has 286 valence electrons. The number of anilines is 2. The third kappa shape index (κ3) is 7.30. The maximum Gasteiger partial charge on any atom is 0.303 e. The van der Waals surface area contributed by atoms with E-state index in [1.54, 1.807) is 0 Å². The Morgan fingerprint density at radius 1 is 0.673 bits per heavy atom. The van der Waals surface area contributed by atoms with Crippen molar-refractivity contribution in [3.8, 4) is 0 Å². The Kier molecular flexibility index (Phi) is 9.66. The molecule has 0 aromatic heterocycles. The SMILES string of the molecule is O=C(O)CCCS(=O)(=O)c1ccc(S(=O)(=O)O)c(Nc2cc(S(=O)(=O)O)c3nc(=O)c(=C(O)c4cccc(S(=O)(=O)O)c4)c4c5ccccc5c(=O)c2c3=4)c1. The van der Waals surface area contributed by atoms with E-state index in [2.05, 4.69) is 10.3 Å². The molecule has 0 fully saturated rings. The van der Waals surface area contributed by atoms with E-state index >= 15 is 0 Å². The Bertz CT molecular complexity index is 3340. The lowest BCUT2D eigenvalue weighted by Crippen LogP contribution is -2.33. The number of rotatable bonds is 11. The van der Waals surface area contributed by atoms with Crippen LogP contribution in [0.5, 0.6) is 0 Å². The fourth-order valence-electron chi connectivity index (χ4n) is 6.10. The van der Waals surface area contributed by atoms with E-state index in [4.69, 9.17) is 5.11 Å². The molecule has 6 rings (SSSR count). The third-order valence-corrected chi connectivity index (χ3v) is 12.9. The number of aliphatic hydroxyl groups is 1. The van der Waals surface area contributed by atoms with Gasteiger partial charge in [-0.2, -0.15) is 25.3 Å². The van der Waals surface area contributed by atoms with E-state index in [0.29, 0.717) is 12.1 Å². The molecule has 1 aliphatic carbocycles. The molecule has 4 aromatic rings. The number of nitrogens with one attached hydrogen (secondary N) is 1. The fraction of sp³-hybridized carbons (Fsp3) is 0.0909. The van der Waals surface area contributed by atoms with Gasteiger partial charge in [0.1, 0.15) is 15.6 Å². The predicted molar refractivity (Wildman–Crippen MR) is 193 cm³/mol. The number of carbonyl (C=O) groups is 1. The number of carboxylic acid groups (broad SMARTS) is 1. The topological polar surface area (TPSA) is 314 Å². The Morgan fingerprint density at radius 3 is 1.95 bits per heavy atom. The highest BCUT2D eigenvalue weighted by atomic mass is 32.2. The molecule has 0 radical (unpaired) electrons. The van der Waals surface area contributed by atoms with Gasteiger partial charge in [-0.15, -0.1) is 0 Å². The van der Waals surface area contributed by atoms with Crippen molar-refractivity contribution >= 4 is 85.0 Å². The second-order valence-corrected chi connectivity index (χ2v) is 18.3. The van der Waals surface area contributed by atoms with Crippen LogP contribution in [-0.2, 0) is 45.0 Å². The van der Waals surface area contributed by atoms with Crippen molar-refractivity contribution in [1.82, 2.24) is 4.98 Å². The number of hydrogen-bond donors (Lipinski definition) is 6. The van der Waals surface area contributed by atoms with Crippen molar-refractivity contribution in [2.45, 2.75) is 32.4 Å². The standard InChI is InChI=1S/C33H24N2O16S4/c36-25(37)9-4-12-52(41,42)17-10-11-23(54(46,47)48)21(14-17)34-22-15-24(55(49,50)51)30-28-26(19-7-1-2-8-20(19)32(39)27(22)28)29(33(40)35-30)31(38)16-5-3-6-18(13-16)53(43,44)45/h1-3,5-8,10-11,13-15,34,38H,4,9,12H2,(H,36,37)(H,43,44,45)(H,46,47,48)(H,49,50,51). The number of aliphatic carboxylic acids is 1. The number of benzene rings is 4. The first-order valence-corrected chi connectivity index (χ1v) is 21.3. The van der Waals surface area contributed by atoms with Gasteiger partial charge in [-0.25, -0.2) is 13.4 Å². The molecule has 22 heteroatoms. The van der Waals surface area contributed by atoms with Gasteiger partial charge in [-0.3, -0.25) is 28.0 Å². The van der Waals surface area contributed by atoms with Gasteiger partial charge in [-0.1, -0.05) is 36.4 Å². The van der Waals surface area contributed by atoms with Crippen LogP contribution in [0.15, 0.2) is 102 Å². The summed E-state index contributed by atoms with van der Waals surface area (Å²) < 4.78 is 131. The van der Waals surface area contributed by atoms with Crippen LogP contribution in [0.2, 0.25) is 0 Å². The fourth-order valence-corrected chi connectivity index (χ4v) is 9.24. The molecule has 0 saturated carbocycles. The first-order chi connectivity index (χ1) is 25.5. The summed E-state index contributed by atoms with van der Waals surface area (Å²) in [5.41, 5.74) is -4.76. The van der Waals surface area contributed by atoms with E-state index in [0.717, 1.165) is 36.4 Å². The highest BCUT2D eigenvalue weighted by Crippen LogP contribution is 2.35. The van der Waals surface area contributed by atoms with Crippen molar-refractivity contribution in [2.24, 2.45) is 0 Å². The Hall–Kier alpha value is -5.62. The molecule has 2 aliphatic rings. The molecule has 4 aromatic carbocycles. The van der Waals surface area contributed by atoms with Crippen LogP contribution in [0, 0.1) is 10.4 Å². The molecule has 0 amide bonds. The highest BCUT2D eigenvalue weighted by Gasteiger charge is 2.27. The van der Waals surface area contributed by atoms with Gasteiger partial charge >= 0.3 is 5.97 Å². The van der Waals surface area contributed by atoms with E-state index < -0.39 is 127 Å². The minimum atomic E-state index is -5.40. The molecule has 1 aliphatic heterocycles. The molecule has 0 atom stereocenters. The van der Waals surface area contributed by atoms with Crippen molar-refractivity contribution in [3.63, 3.8) is 0 Å². The maximum absolute atomic E-state index is 14.3. The zero-order chi connectivity index (χ0) is 40.4. The third-order valence-electron chi connectivity index (χ3n) is 8.44. The average Bonchev–Trinajstić information content (AvgIpc) is 3.08. The lowest BCUT2D eigenvalue weighted by molar-refractivity contribution is -0.137. The second-order valence-electron chi connectivity index (χ2n) is 12.0. The molecule has 0 spiro atoms. The van der Waals surface area contributed by atoms with Gasteiger partial charge in [0.25, 0.3) is 35.9 Å². The number of hydrogen-bond acceptors (Lipinski definition) is 14. The van der Waals surface area contributed by atoms with Crippen LogP contribution in [-0.4, -0.2) is 74.2 Å². The van der Waals surface area contributed by atoms with E-state index in [1.807, 2.05) is 0 Å². The smallest absolute Gasteiger partial charge is 0.303 e. The number of sulfone groups is 1. The monoisotopic (exact) mass is 832 g/mol. The van der Waals surface area contributed by atoms with Gasteiger partial charge in [-0.05, 0) is 48.2 Å². The zero-order valence-corrected chi connectivity index (χ0v) is 30.6. The molecule has 0 saturated heterocycles. The molecular weight excluding hydrogens is 809 g/mol. The maximum atomic E-state index is 14.3. The molecule has 0 bridgehead atoms. The number of aromatic nitrogens is 1. The minimum absolute atomic E-state index is 0.0801. The van der Waals surface area contributed by atoms with Gasteiger partial charge in [0, 0.05) is 27.8 Å². The molecule has 1 heterocycles. The number of aliphatic hydroxyl groups excluding tert-OH is 1. The van der Waals surface area contributed by atoms with E-state index in [9.17, 15) is 66.8 Å². The van der Waals surface area contributed by atoms with Crippen LogP contribution in [0.3, 0.4) is 0 Å². The summed E-state index contributed by atoms with van der Waals surface area (Å²) >= 11 is 0. The highest BCUT2D eigenvalue weighted by molar-refractivity contribution is 7.91. The summed E-state index contributed by atoms with van der Waals surface area (Å²) in [4.78, 5) is 39.5. The number of fused-ring (bicyclic) bond motifs is 2. The lowest BCUT2D eigenvalue weighted by Gasteiger charge is -2.17. The summed E-state index contributed by atoms with van der Waals surface area (Å²) in [5, 5.41) is 20.6. The number of nitrogens with zero attached hydrogens (tertiary/aromatic N) is 1. The quantitative estimate of drug-likeness (QED) is 0.101. The average molecular weight is 833 g/mol. The van der Waals surface area contributed by atoms with Gasteiger partial charge in [0.2, 0.25) is 0 Å². The zero-order valence-electron chi connectivity index (χ0n) is 27.4. The van der Waals surface area contributed by atoms with Gasteiger partial charge in [0.15, 0.2) is 15.3 Å². The minimum Gasteiger partial charge on any atom is -0.506 e. The van der Waals surface area contributed by atoms with Crippen molar-refractivity contribution in [2.75, 3.05) is 11.1 Å². The molecule has 6 N–H and O–H groups in total. The second kappa shape index (κ2) is 13.6. The Balaban J connectivity index is 1.81. The Morgan fingerprint density at radius 2 is 1.33 bits per heavy atom. The summed E-state index contributed by atoms with van der Waals surface area (Å²) in [6.45, 7) is 0. The summed E-state index contributed by atoms with van der Waals surface area (Å²) in [6, 6.07) is 12.3. The predicted octanol–water partition coefficient (Wildman–Crippen LogP) is 1.83. The van der Waals surface area contributed by atoms with E-state index in [-0.39, 0.29) is 28.0 Å². The first-order valence-electron chi connectivity index (χ1n) is 15.3. The van der Waals surface area contributed by atoms with Crippen molar-refractivity contribution in [1.29, 1.82) is 0 Å². The van der Waals surface area contributed by atoms with Crippen LogP contribution in [0.25, 0.3) is 27.4 Å². The van der Waals surface area contributed by atoms with Gasteiger partial charge < -0.3 is 15.5 Å². The summed E-state index contributed by atoms with van der Waals surface area (Å²) in [7, 11) is -19.8. The van der Waals surface area contributed by atoms with Crippen LogP contribution in [0.4, 0.5) is 11.4 Å². The first kappa shape index (κ1) is 39.1. The normalized spacial score (nSPS) is 13.4. The van der Waals surface area contributed by atoms with Crippen molar-refractivity contribution < 1.29 is 62.3 Å². The van der Waals surface area contributed by atoms with Gasteiger partial charge in [0.05, 0.1) is 43.0 Å². The van der Waals surface area contributed by atoms with Crippen LogP contribution < -0.4 is 21.5 Å². The molecule has 55 heavy (non-hydrogen) atoms.